The lowest BCUT2D eigenvalue weighted by molar-refractivity contribution is 0.710. The Bertz CT molecular complexity index is 906. The maximum absolute atomic E-state index is 4.79. The second kappa shape index (κ2) is 14.2. The molecule has 32 heavy (non-hydrogen) atoms. The average Bonchev–Trinajstić information content (AvgIpc) is 3.13. The van der Waals surface area contributed by atoms with Crippen LogP contribution in [0.2, 0.25) is 0 Å². The van der Waals surface area contributed by atoms with Crippen molar-refractivity contribution in [3.8, 4) is 0 Å². The van der Waals surface area contributed by atoms with E-state index < -0.39 is 0 Å². The minimum Gasteiger partial charge on any atom is -0.356 e. The molecule has 0 aliphatic carbocycles. The van der Waals surface area contributed by atoms with E-state index in [1.165, 1.54) is 11.1 Å². The number of hydrogen-bond donors (Lipinski definition) is 2. The number of thioether (sulfide) groups is 1. The summed E-state index contributed by atoms with van der Waals surface area (Å²) in [5.41, 5.74) is 2.57. The van der Waals surface area contributed by atoms with Gasteiger partial charge in [0.05, 0.1) is 0 Å². The molecule has 0 bridgehead atoms. The Labute approximate surface area is 212 Å². The largest absolute Gasteiger partial charge is 0.356 e. The minimum atomic E-state index is 0. The van der Waals surface area contributed by atoms with E-state index in [0.29, 0.717) is 6.54 Å². The maximum atomic E-state index is 4.79. The summed E-state index contributed by atoms with van der Waals surface area (Å²) in [5, 5.41) is 15.4. The van der Waals surface area contributed by atoms with Crippen LogP contribution in [-0.2, 0) is 13.6 Å². The van der Waals surface area contributed by atoms with Crippen LogP contribution < -0.4 is 10.6 Å². The van der Waals surface area contributed by atoms with Gasteiger partial charge in [0.25, 0.3) is 0 Å². The van der Waals surface area contributed by atoms with Crippen LogP contribution in [-0.4, -0.2) is 45.8 Å². The van der Waals surface area contributed by atoms with E-state index in [0.717, 1.165) is 42.9 Å². The summed E-state index contributed by atoms with van der Waals surface area (Å²) in [7, 11) is 1.97. The summed E-state index contributed by atoms with van der Waals surface area (Å²) in [5.74, 6) is 3.90. The average molecular weight is 565 g/mol. The van der Waals surface area contributed by atoms with Gasteiger partial charge in [-0.1, -0.05) is 60.7 Å². The quantitative estimate of drug-likeness (QED) is 0.166. The zero-order chi connectivity index (χ0) is 21.9. The van der Waals surface area contributed by atoms with Gasteiger partial charge in [-0.3, -0.25) is 0 Å². The fraction of sp³-hybridized carbons (Fsp3) is 0.375. The number of rotatable bonds is 10. The van der Waals surface area contributed by atoms with Gasteiger partial charge in [-0.05, 0) is 36.5 Å². The SMILES string of the molecule is CSCCCNC(=NCc1nnc(C)n1C)NCC(c1ccccc1)c1ccccc1.I. The van der Waals surface area contributed by atoms with Crippen LogP contribution in [0.4, 0.5) is 0 Å². The molecule has 2 N–H and O–H groups in total. The first kappa shape index (κ1) is 26.2. The Morgan fingerprint density at radius 1 is 1.00 bits per heavy atom. The van der Waals surface area contributed by atoms with Crippen LogP contribution in [0.15, 0.2) is 65.7 Å². The Morgan fingerprint density at radius 3 is 2.16 bits per heavy atom. The highest BCUT2D eigenvalue weighted by molar-refractivity contribution is 14.0. The normalized spacial score (nSPS) is 11.3. The molecule has 0 spiro atoms. The van der Waals surface area contributed by atoms with Crippen molar-refractivity contribution in [2.24, 2.45) is 12.0 Å². The lowest BCUT2D eigenvalue weighted by Gasteiger charge is -2.21. The Morgan fingerprint density at radius 2 is 1.62 bits per heavy atom. The van der Waals surface area contributed by atoms with Crippen LogP contribution in [0.1, 0.15) is 35.1 Å². The standard InChI is InChI=1S/C24H32N6S.HI/c1-19-28-29-23(30(19)2)18-27-24(25-15-10-16-31-3)26-17-22(20-11-6-4-7-12-20)21-13-8-5-9-14-21;/h4-9,11-14,22H,10,15-18H2,1-3H3,(H2,25,26,27);1H. The first-order chi connectivity index (χ1) is 15.2. The van der Waals surface area contributed by atoms with Gasteiger partial charge in [-0.15, -0.1) is 34.2 Å². The van der Waals surface area contributed by atoms with Gasteiger partial charge >= 0.3 is 0 Å². The summed E-state index contributed by atoms with van der Waals surface area (Å²) >= 11 is 1.86. The van der Waals surface area contributed by atoms with Gasteiger partial charge in [0.1, 0.15) is 12.4 Å². The molecule has 3 aromatic rings. The third-order valence-corrected chi connectivity index (χ3v) is 5.95. The maximum Gasteiger partial charge on any atom is 0.191 e. The topological polar surface area (TPSA) is 67.1 Å². The molecule has 0 unspecified atom stereocenters. The molecule has 1 aromatic heterocycles. The number of aliphatic imine (C=N–C) groups is 1. The van der Waals surface area contributed by atoms with E-state index in [1.807, 2.05) is 30.3 Å². The highest BCUT2D eigenvalue weighted by Crippen LogP contribution is 2.23. The zero-order valence-corrected chi connectivity index (χ0v) is 22.1. The van der Waals surface area contributed by atoms with E-state index in [9.17, 15) is 0 Å². The number of aryl methyl sites for hydroxylation is 1. The molecular formula is C24H33IN6S. The molecule has 0 saturated carbocycles. The molecule has 0 radical (unpaired) electrons. The van der Waals surface area contributed by atoms with Crippen LogP contribution in [0, 0.1) is 6.92 Å². The molecule has 1 heterocycles. The van der Waals surface area contributed by atoms with Crippen molar-refractivity contribution >= 4 is 41.7 Å². The highest BCUT2D eigenvalue weighted by Gasteiger charge is 2.15. The summed E-state index contributed by atoms with van der Waals surface area (Å²) in [6.45, 7) is 4.06. The fourth-order valence-corrected chi connectivity index (χ4v) is 3.77. The molecule has 0 aliphatic rings. The molecule has 6 nitrogen and oxygen atoms in total. The van der Waals surface area contributed by atoms with Crippen molar-refractivity contribution < 1.29 is 0 Å². The van der Waals surface area contributed by atoms with Crippen molar-refractivity contribution in [2.75, 3.05) is 25.1 Å². The molecule has 0 aliphatic heterocycles. The molecule has 0 atom stereocenters. The molecular weight excluding hydrogens is 531 g/mol. The third kappa shape index (κ3) is 7.81. The molecule has 3 rings (SSSR count). The van der Waals surface area contributed by atoms with Crippen molar-refractivity contribution in [3.63, 3.8) is 0 Å². The van der Waals surface area contributed by atoms with Gasteiger partial charge in [0.15, 0.2) is 11.8 Å². The molecule has 2 aromatic carbocycles. The predicted molar refractivity (Wildman–Crippen MR) is 146 cm³/mol. The summed E-state index contributed by atoms with van der Waals surface area (Å²) in [4.78, 5) is 4.79. The second-order valence-electron chi connectivity index (χ2n) is 7.42. The first-order valence-electron chi connectivity index (χ1n) is 10.6. The highest BCUT2D eigenvalue weighted by atomic mass is 127. The van der Waals surface area contributed by atoms with Crippen molar-refractivity contribution in [3.05, 3.63) is 83.4 Å². The zero-order valence-electron chi connectivity index (χ0n) is 19.0. The minimum absolute atomic E-state index is 0. The van der Waals surface area contributed by atoms with Crippen LogP contribution >= 0.6 is 35.7 Å². The number of nitrogens with zero attached hydrogens (tertiary/aromatic N) is 4. The van der Waals surface area contributed by atoms with Gasteiger partial charge in [0.2, 0.25) is 0 Å². The van der Waals surface area contributed by atoms with E-state index >= 15 is 0 Å². The molecule has 0 saturated heterocycles. The monoisotopic (exact) mass is 564 g/mol. The van der Waals surface area contributed by atoms with E-state index in [1.54, 1.807) is 0 Å². The summed E-state index contributed by atoms with van der Waals surface area (Å²) in [6.07, 6.45) is 3.22. The summed E-state index contributed by atoms with van der Waals surface area (Å²) < 4.78 is 1.98. The second-order valence-corrected chi connectivity index (χ2v) is 8.40. The lowest BCUT2D eigenvalue weighted by Crippen LogP contribution is -2.40. The van der Waals surface area contributed by atoms with Crippen molar-refractivity contribution in [1.29, 1.82) is 0 Å². The Balaban J connectivity index is 0.00000363. The summed E-state index contributed by atoms with van der Waals surface area (Å²) in [6, 6.07) is 21.2. The molecule has 0 amide bonds. The number of benzene rings is 2. The number of guanidine groups is 1. The molecule has 172 valence electrons. The van der Waals surface area contributed by atoms with Crippen molar-refractivity contribution in [1.82, 2.24) is 25.4 Å². The first-order valence-corrected chi connectivity index (χ1v) is 12.0. The number of nitrogens with one attached hydrogen (secondary N) is 2. The smallest absolute Gasteiger partial charge is 0.191 e. The predicted octanol–water partition coefficient (Wildman–Crippen LogP) is 4.36. The van der Waals surface area contributed by atoms with E-state index in [-0.39, 0.29) is 29.9 Å². The van der Waals surface area contributed by atoms with E-state index in [4.69, 9.17) is 4.99 Å². The number of hydrogen-bond acceptors (Lipinski definition) is 4. The lowest BCUT2D eigenvalue weighted by atomic mass is 9.91. The van der Waals surface area contributed by atoms with E-state index in [2.05, 4.69) is 87.8 Å². The molecule has 0 fully saturated rings. The van der Waals surface area contributed by atoms with Gasteiger partial charge in [-0.25, -0.2) is 4.99 Å². The third-order valence-electron chi connectivity index (χ3n) is 5.26. The van der Waals surface area contributed by atoms with Crippen LogP contribution in [0.25, 0.3) is 0 Å². The van der Waals surface area contributed by atoms with Gasteiger partial charge in [-0.2, -0.15) is 11.8 Å². The number of halogens is 1. The van der Waals surface area contributed by atoms with Crippen LogP contribution in [0.5, 0.6) is 0 Å². The van der Waals surface area contributed by atoms with Gasteiger partial charge in [0, 0.05) is 26.1 Å². The van der Waals surface area contributed by atoms with Gasteiger partial charge < -0.3 is 15.2 Å². The molecule has 8 heteroatoms. The number of aromatic nitrogens is 3. The Hall–Kier alpha value is -2.07. The Kier molecular flexibility index (Phi) is 11.6. The fourth-order valence-electron chi connectivity index (χ4n) is 3.33. The van der Waals surface area contributed by atoms with Crippen molar-refractivity contribution in [2.45, 2.75) is 25.8 Å². The van der Waals surface area contributed by atoms with Crippen LogP contribution in [0.3, 0.4) is 0 Å².